The largest absolute Gasteiger partial charge is 0.484 e. The Labute approximate surface area is 152 Å². The predicted molar refractivity (Wildman–Crippen MR) is 95.8 cm³/mol. The second-order valence-electron chi connectivity index (χ2n) is 6.07. The molecule has 1 unspecified atom stereocenters. The molecule has 0 bridgehead atoms. The summed E-state index contributed by atoms with van der Waals surface area (Å²) in [5.41, 5.74) is 0.572. The Bertz CT molecular complexity index is 852. The molecule has 134 valence electrons. The lowest BCUT2D eigenvalue weighted by atomic mass is 9.96. The molecule has 1 aliphatic rings. The molecule has 0 saturated carbocycles. The standard InChI is InChI=1S/C17H20ClN3O3S/c1-25(22,23)15-10-20-16(11-24-14-7-3-2-6-13(14)18)21-17(15)12-5-4-8-19-9-12/h2-3,6-7,10,12,19H,4-5,8-9,11H2,1H3. The zero-order valence-electron chi connectivity index (χ0n) is 13.9. The van der Waals surface area contributed by atoms with Gasteiger partial charge < -0.3 is 10.1 Å². The highest BCUT2D eigenvalue weighted by molar-refractivity contribution is 7.90. The Morgan fingerprint density at radius 1 is 1.36 bits per heavy atom. The van der Waals surface area contributed by atoms with Gasteiger partial charge in [0.15, 0.2) is 15.7 Å². The van der Waals surface area contributed by atoms with E-state index in [1.165, 1.54) is 12.5 Å². The molecule has 3 rings (SSSR count). The molecule has 1 N–H and O–H groups in total. The Kier molecular flexibility index (Phi) is 5.56. The maximum Gasteiger partial charge on any atom is 0.178 e. The van der Waals surface area contributed by atoms with Gasteiger partial charge in [0, 0.05) is 24.9 Å². The summed E-state index contributed by atoms with van der Waals surface area (Å²) in [4.78, 5) is 8.87. The molecular weight excluding hydrogens is 362 g/mol. The first-order valence-corrected chi connectivity index (χ1v) is 10.4. The highest BCUT2D eigenvalue weighted by Gasteiger charge is 2.25. The average Bonchev–Trinajstić information content (AvgIpc) is 2.61. The van der Waals surface area contributed by atoms with Gasteiger partial charge in [-0.3, -0.25) is 0 Å². The van der Waals surface area contributed by atoms with Crippen molar-refractivity contribution in [1.29, 1.82) is 0 Å². The van der Waals surface area contributed by atoms with Crippen LogP contribution in [0.1, 0.15) is 30.3 Å². The molecule has 0 aliphatic carbocycles. The fourth-order valence-corrected chi connectivity index (χ4v) is 3.89. The van der Waals surface area contributed by atoms with Gasteiger partial charge in [-0.15, -0.1) is 0 Å². The van der Waals surface area contributed by atoms with Crippen LogP contribution in [0.4, 0.5) is 0 Å². The molecule has 2 heterocycles. The fourth-order valence-electron chi connectivity index (χ4n) is 2.86. The smallest absolute Gasteiger partial charge is 0.178 e. The third kappa shape index (κ3) is 4.48. The monoisotopic (exact) mass is 381 g/mol. The van der Waals surface area contributed by atoms with E-state index >= 15 is 0 Å². The molecule has 8 heteroatoms. The summed E-state index contributed by atoms with van der Waals surface area (Å²) in [7, 11) is -3.39. The SMILES string of the molecule is CS(=O)(=O)c1cnc(COc2ccccc2Cl)nc1C1CCCNC1. The van der Waals surface area contributed by atoms with E-state index in [-0.39, 0.29) is 17.4 Å². The van der Waals surface area contributed by atoms with Gasteiger partial charge in [0.05, 0.1) is 10.7 Å². The molecular formula is C17H20ClN3O3S. The van der Waals surface area contributed by atoms with Crippen molar-refractivity contribution in [3.05, 3.63) is 47.0 Å². The fraction of sp³-hybridized carbons (Fsp3) is 0.412. The van der Waals surface area contributed by atoms with Gasteiger partial charge in [0.2, 0.25) is 0 Å². The summed E-state index contributed by atoms with van der Waals surface area (Å²) in [6, 6.07) is 7.15. The summed E-state index contributed by atoms with van der Waals surface area (Å²) in [6.45, 7) is 1.78. The molecule has 0 amide bonds. The zero-order chi connectivity index (χ0) is 17.9. The first-order chi connectivity index (χ1) is 11.9. The first-order valence-electron chi connectivity index (χ1n) is 8.09. The van der Waals surface area contributed by atoms with E-state index in [1.54, 1.807) is 12.1 Å². The molecule has 2 aromatic rings. The van der Waals surface area contributed by atoms with Crippen LogP contribution in [0.25, 0.3) is 0 Å². The summed E-state index contributed by atoms with van der Waals surface area (Å²) < 4.78 is 29.8. The minimum Gasteiger partial charge on any atom is -0.484 e. The number of para-hydroxylation sites is 1. The second-order valence-corrected chi connectivity index (χ2v) is 8.46. The molecule has 6 nitrogen and oxygen atoms in total. The summed E-state index contributed by atoms with van der Waals surface area (Å²) in [6.07, 6.45) is 4.46. The Hall–Kier alpha value is -1.70. The number of sulfone groups is 1. The Balaban J connectivity index is 1.87. The van der Waals surface area contributed by atoms with Gasteiger partial charge >= 0.3 is 0 Å². The highest BCUT2D eigenvalue weighted by Crippen LogP contribution is 2.28. The van der Waals surface area contributed by atoms with Gasteiger partial charge in [0.25, 0.3) is 0 Å². The minimum atomic E-state index is -3.39. The number of rotatable bonds is 5. The number of ether oxygens (including phenoxy) is 1. The van der Waals surface area contributed by atoms with Crippen molar-refractivity contribution >= 4 is 21.4 Å². The summed E-state index contributed by atoms with van der Waals surface area (Å²) >= 11 is 6.08. The lowest BCUT2D eigenvalue weighted by Crippen LogP contribution is -2.30. The Morgan fingerprint density at radius 3 is 2.84 bits per heavy atom. The van der Waals surface area contributed by atoms with E-state index in [2.05, 4.69) is 15.3 Å². The number of hydrogen-bond acceptors (Lipinski definition) is 6. The lowest BCUT2D eigenvalue weighted by molar-refractivity contribution is 0.294. The van der Waals surface area contributed by atoms with Crippen molar-refractivity contribution in [3.8, 4) is 5.75 Å². The molecule has 1 fully saturated rings. The highest BCUT2D eigenvalue weighted by atomic mass is 35.5. The molecule has 0 radical (unpaired) electrons. The van der Waals surface area contributed by atoms with Gasteiger partial charge in [-0.05, 0) is 31.5 Å². The van der Waals surface area contributed by atoms with Gasteiger partial charge in [-0.2, -0.15) is 0 Å². The van der Waals surface area contributed by atoms with Crippen LogP contribution in [0.2, 0.25) is 5.02 Å². The number of nitrogens with one attached hydrogen (secondary N) is 1. The van der Waals surface area contributed by atoms with Crippen LogP contribution < -0.4 is 10.1 Å². The normalized spacial score (nSPS) is 18.1. The molecule has 1 aromatic carbocycles. The van der Waals surface area contributed by atoms with Crippen LogP contribution in [0.3, 0.4) is 0 Å². The van der Waals surface area contributed by atoms with Gasteiger partial charge in [-0.25, -0.2) is 18.4 Å². The number of piperidine rings is 1. The summed E-state index contributed by atoms with van der Waals surface area (Å²) in [5, 5.41) is 3.80. The lowest BCUT2D eigenvalue weighted by Gasteiger charge is -2.24. The van der Waals surface area contributed by atoms with Crippen molar-refractivity contribution in [2.75, 3.05) is 19.3 Å². The topological polar surface area (TPSA) is 81.2 Å². The Morgan fingerprint density at radius 2 is 2.16 bits per heavy atom. The van der Waals surface area contributed by atoms with Crippen molar-refractivity contribution in [2.24, 2.45) is 0 Å². The quantitative estimate of drug-likeness (QED) is 0.857. The molecule has 1 aromatic heterocycles. The van der Waals surface area contributed by atoms with Crippen LogP contribution in [0.5, 0.6) is 5.75 Å². The maximum absolute atomic E-state index is 12.1. The molecule has 25 heavy (non-hydrogen) atoms. The zero-order valence-corrected chi connectivity index (χ0v) is 15.5. The van der Waals surface area contributed by atoms with E-state index in [9.17, 15) is 8.42 Å². The van der Waals surface area contributed by atoms with Crippen LogP contribution in [0.15, 0.2) is 35.4 Å². The van der Waals surface area contributed by atoms with Crippen LogP contribution in [0, 0.1) is 0 Å². The molecule has 0 spiro atoms. The average molecular weight is 382 g/mol. The van der Waals surface area contributed by atoms with Crippen molar-refractivity contribution in [3.63, 3.8) is 0 Å². The molecule has 1 atom stereocenters. The van der Waals surface area contributed by atoms with Crippen molar-refractivity contribution in [1.82, 2.24) is 15.3 Å². The number of hydrogen-bond donors (Lipinski definition) is 1. The van der Waals surface area contributed by atoms with E-state index in [4.69, 9.17) is 16.3 Å². The predicted octanol–water partition coefficient (Wildman–Crippen LogP) is 2.58. The van der Waals surface area contributed by atoms with E-state index in [1.807, 2.05) is 12.1 Å². The van der Waals surface area contributed by atoms with Crippen LogP contribution in [-0.2, 0) is 16.4 Å². The van der Waals surface area contributed by atoms with Crippen molar-refractivity contribution in [2.45, 2.75) is 30.3 Å². The molecule has 1 aliphatic heterocycles. The number of nitrogens with zero attached hydrogens (tertiary/aromatic N) is 2. The number of aromatic nitrogens is 2. The van der Waals surface area contributed by atoms with E-state index < -0.39 is 9.84 Å². The first kappa shape index (κ1) is 18.1. The van der Waals surface area contributed by atoms with Gasteiger partial charge in [0.1, 0.15) is 17.3 Å². The van der Waals surface area contributed by atoms with Gasteiger partial charge in [-0.1, -0.05) is 23.7 Å². The molecule has 1 saturated heterocycles. The van der Waals surface area contributed by atoms with Crippen LogP contribution in [-0.4, -0.2) is 37.7 Å². The number of benzene rings is 1. The second kappa shape index (κ2) is 7.68. The third-order valence-electron chi connectivity index (χ3n) is 4.11. The van der Waals surface area contributed by atoms with E-state index in [0.717, 1.165) is 19.4 Å². The summed E-state index contributed by atoms with van der Waals surface area (Å²) in [5.74, 6) is 1.04. The maximum atomic E-state index is 12.1. The van der Waals surface area contributed by atoms with E-state index in [0.29, 0.717) is 28.8 Å². The minimum absolute atomic E-state index is 0.0561. The third-order valence-corrected chi connectivity index (χ3v) is 5.53. The number of halogens is 1. The van der Waals surface area contributed by atoms with Crippen LogP contribution >= 0.6 is 11.6 Å². The van der Waals surface area contributed by atoms with Crippen molar-refractivity contribution < 1.29 is 13.2 Å².